The molecule has 2 atom stereocenters. The van der Waals surface area contributed by atoms with Crippen LogP contribution in [0.3, 0.4) is 0 Å². The molecule has 0 aliphatic rings. The van der Waals surface area contributed by atoms with Gasteiger partial charge in [0, 0.05) is 30.9 Å². The highest BCUT2D eigenvalue weighted by atomic mass is 16.5. The van der Waals surface area contributed by atoms with E-state index in [9.17, 15) is 14.7 Å². The molecule has 3 rings (SSSR count). The van der Waals surface area contributed by atoms with Gasteiger partial charge in [0.2, 0.25) is 0 Å². The molecule has 0 saturated carbocycles. The molecule has 3 aromatic rings. The maximum Gasteiger partial charge on any atom is 0.325 e. The van der Waals surface area contributed by atoms with E-state index in [0.29, 0.717) is 12.1 Å². The molecule has 2 aromatic heterocycles. The predicted octanol–water partition coefficient (Wildman–Crippen LogP) is 2.67. The summed E-state index contributed by atoms with van der Waals surface area (Å²) >= 11 is 0. The molecular formula is C24H32N4O4. The predicted molar refractivity (Wildman–Crippen MR) is 124 cm³/mol. The lowest BCUT2D eigenvalue weighted by atomic mass is 9.98. The molecule has 0 saturated heterocycles. The van der Waals surface area contributed by atoms with Crippen molar-refractivity contribution in [3.8, 4) is 11.4 Å². The van der Waals surface area contributed by atoms with Crippen LogP contribution in [0.25, 0.3) is 22.4 Å². The van der Waals surface area contributed by atoms with Gasteiger partial charge in [0.25, 0.3) is 5.56 Å². The summed E-state index contributed by atoms with van der Waals surface area (Å²) in [4.78, 5) is 31.6. The fourth-order valence-corrected chi connectivity index (χ4v) is 3.40. The maximum absolute atomic E-state index is 12.4. The molecule has 2 unspecified atom stereocenters. The second kappa shape index (κ2) is 9.26. The van der Waals surface area contributed by atoms with Crippen molar-refractivity contribution in [1.82, 2.24) is 19.9 Å². The number of H-pyrrole nitrogens is 1. The molecule has 0 spiro atoms. The van der Waals surface area contributed by atoms with Gasteiger partial charge >= 0.3 is 5.97 Å². The minimum Gasteiger partial charge on any atom is -0.464 e. The summed E-state index contributed by atoms with van der Waals surface area (Å²) in [5, 5.41) is 13.2. The van der Waals surface area contributed by atoms with Gasteiger partial charge in [-0.15, -0.1) is 0 Å². The van der Waals surface area contributed by atoms with Crippen molar-refractivity contribution in [1.29, 1.82) is 0 Å². The lowest BCUT2D eigenvalue weighted by Crippen LogP contribution is -2.46. The van der Waals surface area contributed by atoms with E-state index >= 15 is 0 Å². The standard InChI is InChI=1S/C24H32N4O4/c1-14-9-17(12-26-22(14)30)21-27-18-10-16(7-8-19(18)28(21)6)11-25-20(15(2)29)23(31)32-13-24(3,4)5/h7-10,12,15,20,25,29H,11,13H2,1-6H3,(H,26,30). The van der Waals surface area contributed by atoms with E-state index in [-0.39, 0.29) is 17.6 Å². The highest BCUT2D eigenvalue weighted by Gasteiger charge is 2.26. The van der Waals surface area contributed by atoms with E-state index < -0.39 is 18.1 Å². The minimum absolute atomic E-state index is 0.116. The van der Waals surface area contributed by atoms with E-state index in [2.05, 4.69) is 10.3 Å². The number of carbonyl (C=O) groups excluding carboxylic acids is 1. The molecule has 8 nitrogen and oxygen atoms in total. The monoisotopic (exact) mass is 440 g/mol. The van der Waals surface area contributed by atoms with Crippen LogP contribution in [0.2, 0.25) is 0 Å². The number of aliphatic hydroxyl groups is 1. The second-order valence-electron chi connectivity index (χ2n) is 9.49. The van der Waals surface area contributed by atoms with E-state index in [1.165, 1.54) is 0 Å². The van der Waals surface area contributed by atoms with Crippen LogP contribution in [0.15, 0.2) is 35.3 Å². The molecule has 3 N–H and O–H groups in total. The van der Waals surface area contributed by atoms with E-state index in [1.807, 2.05) is 56.7 Å². The van der Waals surface area contributed by atoms with Crippen LogP contribution in [0, 0.1) is 12.3 Å². The van der Waals surface area contributed by atoms with E-state index in [1.54, 1.807) is 20.0 Å². The summed E-state index contributed by atoms with van der Waals surface area (Å²) in [5.74, 6) is 0.279. The number of aliphatic hydroxyl groups excluding tert-OH is 1. The maximum atomic E-state index is 12.4. The Balaban J connectivity index is 1.78. The number of benzene rings is 1. The average Bonchev–Trinajstić information content (AvgIpc) is 3.04. The first-order chi connectivity index (χ1) is 15.0. The molecule has 0 radical (unpaired) electrons. The fraction of sp³-hybridized carbons (Fsp3) is 0.458. The molecular weight excluding hydrogens is 408 g/mol. The number of hydrogen-bond donors (Lipinski definition) is 3. The number of nitrogens with zero attached hydrogens (tertiary/aromatic N) is 2. The summed E-state index contributed by atoms with van der Waals surface area (Å²) in [6.07, 6.45) is 0.770. The molecule has 1 aromatic carbocycles. The highest BCUT2D eigenvalue weighted by molar-refractivity contribution is 5.81. The van der Waals surface area contributed by atoms with Crippen LogP contribution in [0.1, 0.15) is 38.8 Å². The number of ether oxygens (including phenoxy) is 1. The van der Waals surface area contributed by atoms with Crippen LogP contribution >= 0.6 is 0 Å². The van der Waals surface area contributed by atoms with Crippen LogP contribution in [-0.2, 0) is 23.1 Å². The number of fused-ring (bicyclic) bond motifs is 1. The van der Waals surface area contributed by atoms with Gasteiger partial charge < -0.3 is 19.4 Å². The van der Waals surface area contributed by atoms with Crippen LogP contribution in [-0.4, -0.2) is 44.4 Å². The molecule has 172 valence electrons. The van der Waals surface area contributed by atoms with Crippen LogP contribution < -0.4 is 10.9 Å². The third kappa shape index (κ3) is 5.44. The Morgan fingerprint density at radius 3 is 2.66 bits per heavy atom. The zero-order valence-corrected chi connectivity index (χ0v) is 19.5. The van der Waals surface area contributed by atoms with Crippen LogP contribution in [0.5, 0.6) is 0 Å². The quantitative estimate of drug-likeness (QED) is 0.488. The number of rotatable bonds is 7. The Morgan fingerprint density at radius 2 is 2.03 bits per heavy atom. The Bertz CT molecular complexity index is 1170. The summed E-state index contributed by atoms with van der Waals surface area (Å²) in [5.41, 5.74) is 3.87. The van der Waals surface area contributed by atoms with Gasteiger partial charge in [0.1, 0.15) is 11.9 Å². The summed E-state index contributed by atoms with van der Waals surface area (Å²) in [7, 11) is 1.93. The number of nitrogens with one attached hydrogen (secondary N) is 2. The lowest BCUT2D eigenvalue weighted by Gasteiger charge is -2.23. The van der Waals surface area contributed by atoms with Crippen molar-refractivity contribution in [3.05, 3.63) is 51.9 Å². The first-order valence-corrected chi connectivity index (χ1v) is 10.7. The Kier molecular flexibility index (Phi) is 6.85. The number of carbonyl (C=O) groups is 1. The zero-order valence-electron chi connectivity index (χ0n) is 19.5. The topological polar surface area (TPSA) is 109 Å². The van der Waals surface area contributed by atoms with Crippen molar-refractivity contribution in [2.24, 2.45) is 12.5 Å². The van der Waals surface area contributed by atoms with Crippen molar-refractivity contribution in [2.45, 2.75) is 53.3 Å². The SMILES string of the molecule is Cc1cc(-c2nc3cc(CNC(C(=O)OCC(C)(C)C)C(C)O)ccc3n2C)c[nH]c1=O. The third-order valence-electron chi connectivity index (χ3n) is 5.20. The number of aromatic nitrogens is 3. The summed E-state index contributed by atoms with van der Waals surface area (Å²) < 4.78 is 7.35. The summed E-state index contributed by atoms with van der Waals surface area (Å²) in [6.45, 7) is 9.93. The fourth-order valence-electron chi connectivity index (χ4n) is 3.40. The van der Waals surface area contributed by atoms with Crippen molar-refractivity contribution in [3.63, 3.8) is 0 Å². The Hall–Kier alpha value is -2.97. The van der Waals surface area contributed by atoms with E-state index in [4.69, 9.17) is 9.72 Å². The molecule has 0 bridgehead atoms. The smallest absolute Gasteiger partial charge is 0.325 e. The van der Waals surface area contributed by atoms with Gasteiger partial charge in [0.15, 0.2) is 0 Å². The van der Waals surface area contributed by atoms with Gasteiger partial charge in [-0.2, -0.15) is 0 Å². The Morgan fingerprint density at radius 1 is 1.31 bits per heavy atom. The van der Waals surface area contributed by atoms with Gasteiger partial charge in [-0.1, -0.05) is 26.8 Å². The second-order valence-corrected chi connectivity index (χ2v) is 9.49. The average molecular weight is 441 g/mol. The highest BCUT2D eigenvalue weighted by Crippen LogP contribution is 2.24. The first-order valence-electron chi connectivity index (χ1n) is 10.7. The molecule has 32 heavy (non-hydrogen) atoms. The molecule has 0 aliphatic heterocycles. The van der Waals surface area contributed by atoms with Gasteiger partial charge in [-0.05, 0) is 43.0 Å². The lowest BCUT2D eigenvalue weighted by molar-refractivity contribution is -0.151. The molecule has 2 heterocycles. The zero-order chi connectivity index (χ0) is 23.6. The number of aromatic amines is 1. The minimum atomic E-state index is -0.892. The third-order valence-corrected chi connectivity index (χ3v) is 5.20. The Labute approximate surface area is 187 Å². The number of esters is 1. The van der Waals surface area contributed by atoms with Gasteiger partial charge in [-0.3, -0.25) is 14.9 Å². The molecule has 0 amide bonds. The normalized spacial score (nSPS) is 13.8. The molecule has 0 fully saturated rings. The van der Waals surface area contributed by atoms with Crippen LogP contribution in [0.4, 0.5) is 0 Å². The summed E-state index contributed by atoms with van der Waals surface area (Å²) in [6, 6.07) is 6.87. The number of imidazole rings is 1. The number of pyridine rings is 1. The first kappa shape index (κ1) is 23.7. The molecule has 0 aliphatic carbocycles. The number of hydrogen-bond acceptors (Lipinski definition) is 6. The van der Waals surface area contributed by atoms with Crippen molar-refractivity contribution >= 4 is 17.0 Å². The number of aryl methyl sites for hydroxylation is 2. The largest absolute Gasteiger partial charge is 0.464 e. The van der Waals surface area contributed by atoms with Crippen molar-refractivity contribution in [2.75, 3.05) is 6.61 Å². The van der Waals surface area contributed by atoms with Gasteiger partial charge in [-0.25, -0.2) is 4.98 Å². The molecule has 8 heteroatoms. The van der Waals surface area contributed by atoms with Crippen molar-refractivity contribution < 1.29 is 14.6 Å². The van der Waals surface area contributed by atoms with Gasteiger partial charge in [0.05, 0.1) is 23.7 Å². The van der Waals surface area contributed by atoms with E-state index in [0.717, 1.165) is 28.0 Å².